The van der Waals surface area contributed by atoms with Gasteiger partial charge < -0.3 is 5.11 Å². The number of ketones is 1. The Morgan fingerprint density at radius 3 is 2.33 bits per heavy atom. The van der Waals surface area contributed by atoms with Crippen molar-refractivity contribution in [1.29, 1.82) is 0 Å². The molecule has 1 radical (unpaired) electrons. The number of hydrogen-bond donors (Lipinski definition) is 1. The number of rotatable bonds is 1. The number of aromatic nitrogens is 1. The fourth-order valence-corrected chi connectivity index (χ4v) is 8.76. The minimum Gasteiger partial charge on any atom is -0.512 e. The summed E-state index contributed by atoms with van der Waals surface area (Å²) in [5, 5.41) is 12.7. The molecule has 1 aliphatic carbocycles. The number of carbonyl (C=O) groups is 1. The first-order chi connectivity index (χ1) is 16.5. The maximum absolute atomic E-state index is 10.0. The summed E-state index contributed by atoms with van der Waals surface area (Å²) in [5.41, 5.74) is 8.84. The fourth-order valence-electron chi connectivity index (χ4n) is 5.70. The van der Waals surface area contributed by atoms with Crippen LogP contribution in [-0.2, 0) is 30.3 Å². The van der Waals surface area contributed by atoms with Crippen molar-refractivity contribution in [3.63, 3.8) is 0 Å². The van der Waals surface area contributed by atoms with Crippen molar-refractivity contribution >= 4 is 35.1 Å². The minimum absolute atomic E-state index is 0. The number of para-hydroxylation sites is 1. The number of allylic oxidation sites excluding steroid dienone is 2. The van der Waals surface area contributed by atoms with Crippen molar-refractivity contribution in [2.45, 2.75) is 46.2 Å². The van der Waals surface area contributed by atoms with Gasteiger partial charge in [0.25, 0.3) is 0 Å². The quantitative estimate of drug-likeness (QED) is 0.114. The Labute approximate surface area is 227 Å². The van der Waals surface area contributed by atoms with Crippen LogP contribution in [0.2, 0.25) is 13.1 Å². The molecule has 1 aromatic heterocycles. The van der Waals surface area contributed by atoms with E-state index in [0.29, 0.717) is 0 Å². The number of hydrogen-bond acceptors (Lipinski definition) is 3. The molecule has 1 aliphatic heterocycles. The van der Waals surface area contributed by atoms with Gasteiger partial charge >= 0.3 is 0 Å². The van der Waals surface area contributed by atoms with Crippen molar-refractivity contribution < 1.29 is 30.0 Å². The Morgan fingerprint density at radius 2 is 1.67 bits per heavy atom. The summed E-state index contributed by atoms with van der Waals surface area (Å²) in [6, 6.07) is 25.8. The van der Waals surface area contributed by atoms with Gasteiger partial charge in [0.15, 0.2) is 5.78 Å². The summed E-state index contributed by atoms with van der Waals surface area (Å²) in [5.74, 6) is -0.0625. The molecular formula is C31H30IrNO2Si-. The van der Waals surface area contributed by atoms with E-state index in [4.69, 9.17) is 10.1 Å². The van der Waals surface area contributed by atoms with Crippen LogP contribution in [0.1, 0.15) is 38.8 Å². The second kappa shape index (κ2) is 9.22. The molecule has 0 bridgehead atoms. The topological polar surface area (TPSA) is 50.2 Å². The molecule has 3 nitrogen and oxygen atoms in total. The zero-order valence-corrected chi connectivity index (χ0v) is 24.9. The predicted octanol–water partition coefficient (Wildman–Crippen LogP) is 6.18. The van der Waals surface area contributed by atoms with Crippen LogP contribution in [0.15, 0.2) is 72.5 Å². The Kier molecular flexibility index (Phi) is 6.72. The van der Waals surface area contributed by atoms with Crippen LogP contribution >= 0.6 is 0 Å². The van der Waals surface area contributed by atoms with E-state index in [-0.39, 0.29) is 37.1 Å². The molecule has 3 aromatic carbocycles. The number of aliphatic hydroxyl groups excluding tert-OH is 1. The molecule has 36 heavy (non-hydrogen) atoms. The molecule has 0 saturated heterocycles. The Hall–Kier alpha value is -2.85. The average Bonchev–Trinajstić information content (AvgIpc) is 3.00. The van der Waals surface area contributed by atoms with E-state index < -0.39 is 8.07 Å². The van der Waals surface area contributed by atoms with Crippen molar-refractivity contribution in [3.05, 3.63) is 89.7 Å². The first-order valence-corrected chi connectivity index (χ1v) is 15.0. The molecule has 0 amide bonds. The number of aliphatic hydroxyl groups is 1. The normalized spacial score (nSPS) is 15.6. The van der Waals surface area contributed by atoms with Gasteiger partial charge in [-0.2, -0.15) is 0 Å². The van der Waals surface area contributed by atoms with E-state index in [1.165, 1.54) is 58.3 Å². The summed E-state index contributed by atoms with van der Waals surface area (Å²) in [6.45, 7) is 12.5. The second-order valence-corrected chi connectivity index (χ2v) is 14.9. The van der Waals surface area contributed by atoms with E-state index >= 15 is 0 Å². The third-order valence-corrected chi connectivity index (χ3v) is 10.9. The largest absolute Gasteiger partial charge is 0.512 e. The summed E-state index contributed by atoms with van der Waals surface area (Å²) in [7, 11) is -1.71. The van der Waals surface area contributed by atoms with Gasteiger partial charge in [-0.05, 0) is 36.6 Å². The number of benzene rings is 3. The number of fused-ring (bicyclic) bond motifs is 3. The van der Waals surface area contributed by atoms with Crippen molar-refractivity contribution in [3.8, 4) is 22.4 Å². The molecule has 4 aromatic rings. The zero-order chi connectivity index (χ0) is 25.1. The maximum atomic E-state index is 10.0. The van der Waals surface area contributed by atoms with Crippen molar-refractivity contribution in [1.82, 2.24) is 4.98 Å². The molecule has 0 unspecified atom stereocenters. The van der Waals surface area contributed by atoms with Crippen LogP contribution in [0.4, 0.5) is 0 Å². The van der Waals surface area contributed by atoms with E-state index in [9.17, 15) is 4.79 Å². The summed E-state index contributed by atoms with van der Waals surface area (Å²) < 4.78 is 0. The first kappa shape index (κ1) is 26.2. The van der Waals surface area contributed by atoms with Crippen LogP contribution in [-0.4, -0.2) is 23.9 Å². The molecule has 6 rings (SSSR count). The van der Waals surface area contributed by atoms with Crippen LogP contribution in [0.25, 0.3) is 33.3 Å². The van der Waals surface area contributed by atoms with Gasteiger partial charge in [-0.15, -0.1) is 28.9 Å². The van der Waals surface area contributed by atoms with E-state index in [0.717, 1.165) is 11.2 Å². The standard InChI is InChI=1S/C26H22NSi.C5H8O2.Ir/c1-26(2)18-11-8-14-22-24(18)23-17(10-7-13-21(23)28(22,3)4)25-19(26)15-16-9-5-6-12-20(16)27-25;1-4(6)3-5(2)7;/h5-9,11-15H,1-4H3;3,6H,1-2H3;/q-1;;/b;4-3-;. The maximum Gasteiger partial charge on any atom is 0.155 e. The molecule has 0 atom stereocenters. The van der Waals surface area contributed by atoms with Crippen LogP contribution in [0.3, 0.4) is 0 Å². The Balaban J connectivity index is 0.000000338. The second-order valence-electron chi connectivity index (χ2n) is 10.6. The summed E-state index contributed by atoms with van der Waals surface area (Å²) >= 11 is 0. The third-order valence-electron chi connectivity index (χ3n) is 7.38. The number of nitrogens with zero attached hydrogens (tertiary/aromatic N) is 1. The monoisotopic (exact) mass is 669 g/mol. The van der Waals surface area contributed by atoms with Gasteiger partial charge in [0.2, 0.25) is 0 Å². The molecule has 185 valence electrons. The zero-order valence-electron chi connectivity index (χ0n) is 21.5. The van der Waals surface area contributed by atoms with E-state index in [1.807, 2.05) is 0 Å². The predicted molar refractivity (Wildman–Crippen MR) is 147 cm³/mol. The van der Waals surface area contributed by atoms with Gasteiger partial charge in [0.05, 0.1) is 19.3 Å². The molecule has 0 saturated carbocycles. The molecular weight excluding hydrogens is 639 g/mol. The van der Waals surface area contributed by atoms with Crippen LogP contribution < -0.4 is 10.4 Å². The first-order valence-electron chi connectivity index (χ1n) is 12.0. The molecule has 0 fully saturated rings. The van der Waals surface area contributed by atoms with Crippen molar-refractivity contribution in [2.75, 3.05) is 0 Å². The minimum atomic E-state index is -1.71. The average molecular weight is 669 g/mol. The van der Waals surface area contributed by atoms with Crippen LogP contribution in [0.5, 0.6) is 0 Å². The third kappa shape index (κ3) is 4.00. The molecule has 0 spiro atoms. The summed E-state index contributed by atoms with van der Waals surface area (Å²) in [4.78, 5) is 15.2. The molecule has 1 N–H and O–H groups in total. The molecule has 2 aliphatic rings. The smallest absolute Gasteiger partial charge is 0.155 e. The fraction of sp³-hybridized carbons (Fsp3) is 0.226. The Bertz CT molecular complexity index is 1550. The van der Waals surface area contributed by atoms with Gasteiger partial charge in [0, 0.05) is 31.6 Å². The number of pyridine rings is 1. The molecule has 2 heterocycles. The molecule has 5 heteroatoms. The summed E-state index contributed by atoms with van der Waals surface area (Å²) in [6.07, 6.45) is 1.17. The Morgan fingerprint density at radius 1 is 0.972 bits per heavy atom. The SMILES string of the molecule is CC(=O)/C=C(/C)O.CC1(C)c2cc3ccccc3nc2-c2[c-]ccc3c2-c2c1cccc2[Si]3(C)C.[Ir]. The van der Waals surface area contributed by atoms with E-state index in [1.54, 1.807) is 5.19 Å². The van der Waals surface area contributed by atoms with Gasteiger partial charge in [-0.1, -0.05) is 91.3 Å². The number of carbonyl (C=O) groups excluding carboxylic acids is 1. The van der Waals surface area contributed by atoms with E-state index in [2.05, 4.69) is 93.7 Å². The van der Waals surface area contributed by atoms with Gasteiger partial charge in [0.1, 0.15) is 0 Å². The van der Waals surface area contributed by atoms with Crippen molar-refractivity contribution in [2.24, 2.45) is 0 Å². The van der Waals surface area contributed by atoms with Gasteiger partial charge in [-0.25, -0.2) is 0 Å². The van der Waals surface area contributed by atoms with Gasteiger partial charge in [-0.3, -0.25) is 9.78 Å². The van der Waals surface area contributed by atoms with Crippen LogP contribution in [0, 0.1) is 6.07 Å².